The normalized spacial score (nSPS) is 10.9. The number of aliphatic imine (C=N–C) groups is 1. The summed E-state index contributed by atoms with van der Waals surface area (Å²) < 4.78 is 0. The van der Waals surface area contributed by atoms with Gasteiger partial charge >= 0.3 is 0 Å². The number of benzene rings is 2. The average Bonchev–Trinajstić information content (AvgIpc) is 2.37. The van der Waals surface area contributed by atoms with E-state index in [0.29, 0.717) is 0 Å². The lowest BCUT2D eigenvalue weighted by atomic mass is 10.0. The Hall–Kier alpha value is -1.60. The summed E-state index contributed by atoms with van der Waals surface area (Å²) in [5.41, 5.74) is 3.06. The van der Waals surface area contributed by atoms with E-state index in [1.807, 2.05) is 54.7 Å². The molecular formula is C15H14ClN. The van der Waals surface area contributed by atoms with Crippen LogP contribution in [0.5, 0.6) is 0 Å². The van der Waals surface area contributed by atoms with Crippen molar-refractivity contribution in [3.8, 4) is 11.1 Å². The minimum atomic E-state index is 0.756. The molecule has 0 spiro atoms. The lowest BCUT2D eigenvalue weighted by molar-refractivity contribution is 1.31. The molecule has 0 atom stereocenters. The van der Waals surface area contributed by atoms with Crippen molar-refractivity contribution in [2.75, 3.05) is 0 Å². The zero-order valence-corrected chi connectivity index (χ0v) is 10.5. The van der Waals surface area contributed by atoms with Crippen LogP contribution in [-0.2, 0) is 0 Å². The van der Waals surface area contributed by atoms with Crippen LogP contribution in [0.1, 0.15) is 13.3 Å². The number of nitrogens with zero attached hydrogens (tertiary/aromatic N) is 1. The average molecular weight is 244 g/mol. The van der Waals surface area contributed by atoms with E-state index >= 15 is 0 Å². The first kappa shape index (κ1) is 11.9. The molecule has 2 heteroatoms. The maximum atomic E-state index is 6.21. The number of para-hydroxylation sites is 1. The third-order valence-electron chi connectivity index (χ3n) is 2.48. The first-order valence-corrected chi connectivity index (χ1v) is 6.07. The van der Waals surface area contributed by atoms with E-state index in [1.165, 1.54) is 0 Å². The summed E-state index contributed by atoms with van der Waals surface area (Å²) >= 11 is 6.21. The number of hydrogen-bond donors (Lipinski definition) is 0. The van der Waals surface area contributed by atoms with Gasteiger partial charge in [0, 0.05) is 22.4 Å². The van der Waals surface area contributed by atoms with Gasteiger partial charge < -0.3 is 0 Å². The van der Waals surface area contributed by atoms with E-state index in [-0.39, 0.29) is 0 Å². The lowest BCUT2D eigenvalue weighted by Crippen LogP contribution is -1.80. The molecule has 2 aromatic rings. The molecule has 0 fully saturated rings. The Balaban J connectivity index is 2.52. The fourth-order valence-corrected chi connectivity index (χ4v) is 1.92. The zero-order chi connectivity index (χ0) is 12.1. The highest BCUT2D eigenvalue weighted by atomic mass is 35.5. The molecule has 1 nitrogen and oxygen atoms in total. The van der Waals surface area contributed by atoms with E-state index in [9.17, 15) is 0 Å². The molecule has 0 aliphatic carbocycles. The molecule has 0 aliphatic rings. The van der Waals surface area contributed by atoms with Gasteiger partial charge in [-0.05, 0) is 18.6 Å². The Morgan fingerprint density at radius 1 is 1.00 bits per heavy atom. The highest BCUT2D eigenvalue weighted by molar-refractivity contribution is 6.33. The number of hydrogen-bond acceptors (Lipinski definition) is 1. The van der Waals surface area contributed by atoms with E-state index in [0.717, 1.165) is 28.3 Å². The molecule has 0 aromatic heterocycles. The molecule has 0 amide bonds. The van der Waals surface area contributed by atoms with Crippen molar-refractivity contribution in [2.45, 2.75) is 13.3 Å². The van der Waals surface area contributed by atoms with Crippen LogP contribution in [0.15, 0.2) is 53.5 Å². The minimum Gasteiger partial charge on any atom is -0.261 e. The van der Waals surface area contributed by atoms with Gasteiger partial charge in [0.25, 0.3) is 0 Å². The molecule has 0 N–H and O–H groups in total. The summed E-state index contributed by atoms with van der Waals surface area (Å²) in [6, 6.07) is 15.9. The summed E-state index contributed by atoms with van der Waals surface area (Å²) in [6.07, 6.45) is 2.84. The van der Waals surface area contributed by atoms with Crippen LogP contribution in [-0.4, -0.2) is 6.21 Å². The molecule has 0 heterocycles. The minimum absolute atomic E-state index is 0.756. The highest BCUT2D eigenvalue weighted by Crippen LogP contribution is 2.34. The van der Waals surface area contributed by atoms with Crippen molar-refractivity contribution in [3.05, 3.63) is 53.6 Å². The van der Waals surface area contributed by atoms with Gasteiger partial charge in [-0.25, -0.2) is 0 Å². The second-order valence-corrected chi connectivity index (χ2v) is 4.12. The molecule has 0 radical (unpaired) electrons. The molecule has 0 aliphatic heterocycles. The van der Waals surface area contributed by atoms with Crippen molar-refractivity contribution >= 4 is 23.5 Å². The fraction of sp³-hybridized carbons (Fsp3) is 0.133. The molecule has 0 saturated heterocycles. The van der Waals surface area contributed by atoms with Gasteiger partial charge in [0.2, 0.25) is 0 Å². The standard InChI is InChI=1S/C15H14ClN/c1-2-11-17-15-10-6-4-8-13(15)12-7-3-5-9-14(12)16/h3-11H,2H2,1H3. The summed E-state index contributed by atoms with van der Waals surface area (Å²) in [5, 5.41) is 0.756. The Kier molecular flexibility index (Phi) is 3.94. The van der Waals surface area contributed by atoms with Crippen LogP contribution < -0.4 is 0 Å². The summed E-state index contributed by atoms with van der Waals surface area (Å²) in [6.45, 7) is 2.07. The number of rotatable bonds is 3. The molecule has 0 bridgehead atoms. The highest BCUT2D eigenvalue weighted by Gasteiger charge is 2.06. The first-order valence-electron chi connectivity index (χ1n) is 5.69. The van der Waals surface area contributed by atoms with Gasteiger partial charge in [0.15, 0.2) is 0 Å². The summed E-state index contributed by atoms with van der Waals surface area (Å²) in [7, 11) is 0. The topological polar surface area (TPSA) is 12.4 Å². The zero-order valence-electron chi connectivity index (χ0n) is 9.73. The van der Waals surface area contributed by atoms with Gasteiger partial charge in [-0.1, -0.05) is 54.9 Å². The van der Waals surface area contributed by atoms with Crippen molar-refractivity contribution in [1.82, 2.24) is 0 Å². The van der Waals surface area contributed by atoms with Crippen molar-refractivity contribution < 1.29 is 0 Å². The van der Waals surface area contributed by atoms with Gasteiger partial charge in [0.1, 0.15) is 0 Å². The Labute approximate surface area is 107 Å². The number of halogens is 1. The Morgan fingerprint density at radius 2 is 1.65 bits per heavy atom. The molecular weight excluding hydrogens is 230 g/mol. The molecule has 17 heavy (non-hydrogen) atoms. The first-order chi connectivity index (χ1) is 8.33. The van der Waals surface area contributed by atoms with Crippen LogP contribution in [0.3, 0.4) is 0 Å². The van der Waals surface area contributed by atoms with E-state index in [1.54, 1.807) is 0 Å². The lowest BCUT2D eigenvalue weighted by Gasteiger charge is -2.07. The Morgan fingerprint density at radius 3 is 2.35 bits per heavy atom. The van der Waals surface area contributed by atoms with Crippen LogP contribution in [0, 0.1) is 0 Å². The molecule has 2 rings (SSSR count). The fourth-order valence-electron chi connectivity index (χ4n) is 1.68. The second kappa shape index (κ2) is 5.65. The van der Waals surface area contributed by atoms with Gasteiger partial charge in [0.05, 0.1) is 5.69 Å². The molecule has 2 aromatic carbocycles. The third kappa shape index (κ3) is 2.75. The predicted octanol–water partition coefficient (Wildman–Crippen LogP) is 5.12. The molecule has 0 saturated carbocycles. The van der Waals surface area contributed by atoms with E-state index < -0.39 is 0 Å². The van der Waals surface area contributed by atoms with E-state index in [4.69, 9.17) is 11.6 Å². The maximum Gasteiger partial charge on any atom is 0.0704 e. The van der Waals surface area contributed by atoms with Crippen LogP contribution in [0.25, 0.3) is 11.1 Å². The van der Waals surface area contributed by atoms with Crippen LogP contribution in [0.4, 0.5) is 5.69 Å². The van der Waals surface area contributed by atoms with E-state index in [2.05, 4.69) is 11.9 Å². The second-order valence-electron chi connectivity index (χ2n) is 3.72. The quantitative estimate of drug-likeness (QED) is 0.664. The van der Waals surface area contributed by atoms with Crippen molar-refractivity contribution in [2.24, 2.45) is 4.99 Å². The maximum absolute atomic E-state index is 6.21. The van der Waals surface area contributed by atoms with Crippen LogP contribution >= 0.6 is 11.6 Å². The van der Waals surface area contributed by atoms with Crippen molar-refractivity contribution in [1.29, 1.82) is 0 Å². The summed E-state index contributed by atoms with van der Waals surface area (Å²) in [4.78, 5) is 4.46. The van der Waals surface area contributed by atoms with Gasteiger partial charge in [-0.2, -0.15) is 0 Å². The van der Waals surface area contributed by atoms with Crippen molar-refractivity contribution in [3.63, 3.8) is 0 Å². The summed E-state index contributed by atoms with van der Waals surface area (Å²) in [5.74, 6) is 0. The molecule has 0 unspecified atom stereocenters. The van der Waals surface area contributed by atoms with Crippen LogP contribution in [0.2, 0.25) is 5.02 Å². The Bertz CT molecular complexity index is 532. The van der Waals surface area contributed by atoms with Gasteiger partial charge in [-0.3, -0.25) is 4.99 Å². The SMILES string of the molecule is CCC=Nc1ccccc1-c1ccccc1Cl. The van der Waals surface area contributed by atoms with Gasteiger partial charge in [-0.15, -0.1) is 0 Å². The monoisotopic (exact) mass is 243 g/mol. The smallest absolute Gasteiger partial charge is 0.0704 e. The molecule has 86 valence electrons. The largest absolute Gasteiger partial charge is 0.261 e. The predicted molar refractivity (Wildman–Crippen MR) is 75.3 cm³/mol. The third-order valence-corrected chi connectivity index (χ3v) is 2.81.